The number of nitrogens with one attached hydrogen (secondary N) is 1. The van der Waals surface area contributed by atoms with Crippen molar-refractivity contribution in [2.75, 3.05) is 11.1 Å². The number of amides is 1. The molecule has 0 aromatic heterocycles. The van der Waals surface area contributed by atoms with Gasteiger partial charge in [-0.25, -0.2) is 9.18 Å². The second-order valence-corrected chi connectivity index (χ2v) is 4.23. The van der Waals surface area contributed by atoms with Gasteiger partial charge in [-0.2, -0.15) is 0 Å². The molecule has 0 saturated carbocycles. The van der Waals surface area contributed by atoms with E-state index in [1.54, 1.807) is 0 Å². The van der Waals surface area contributed by atoms with Crippen molar-refractivity contribution in [1.82, 2.24) is 0 Å². The maximum atomic E-state index is 13.5. The molecule has 0 unspecified atom stereocenters. The normalized spacial score (nSPS) is 10.1. The fraction of sp³-hybridized carbons (Fsp3) is 0. The molecule has 0 bridgehead atoms. The number of carboxylic acids is 1. The van der Waals surface area contributed by atoms with Gasteiger partial charge in [0, 0.05) is 6.07 Å². The lowest BCUT2D eigenvalue weighted by Gasteiger charge is -2.09. The van der Waals surface area contributed by atoms with Crippen LogP contribution in [0.2, 0.25) is 0 Å². The smallest absolute Gasteiger partial charge is 0.335 e. The number of phenolic OH excluding ortho intramolecular Hbond substituents is 1. The van der Waals surface area contributed by atoms with E-state index in [1.165, 1.54) is 24.3 Å². The SMILES string of the molecule is Nc1cc(C(=O)O)ccc1NC(=O)c1ccc(O)cc1F. The molecule has 0 aliphatic rings. The molecule has 2 aromatic rings. The summed E-state index contributed by atoms with van der Waals surface area (Å²) in [5, 5.41) is 20.3. The molecule has 0 radical (unpaired) electrons. The zero-order valence-electron chi connectivity index (χ0n) is 10.6. The number of phenols is 1. The Morgan fingerprint density at radius 3 is 2.43 bits per heavy atom. The number of aromatic carboxylic acids is 1. The minimum atomic E-state index is -1.15. The Balaban J connectivity index is 2.25. The zero-order valence-corrected chi connectivity index (χ0v) is 10.6. The molecule has 2 rings (SSSR count). The standard InChI is InChI=1S/C14H11FN2O4/c15-10-6-8(18)2-3-9(10)13(19)17-12-4-1-7(14(20)21)5-11(12)16/h1-6,18H,16H2,(H,17,19)(H,20,21). The van der Waals surface area contributed by atoms with E-state index in [-0.39, 0.29) is 28.3 Å². The lowest BCUT2D eigenvalue weighted by Crippen LogP contribution is -2.15. The van der Waals surface area contributed by atoms with Crippen LogP contribution in [0.4, 0.5) is 15.8 Å². The summed E-state index contributed by atoms with van der Waals surface area (Å²) in [6.45, 7) is 0. The minimum Gasteiger partial charge on any atom is -0.508 e. The van der Waals surface area contributed by atoms with Crippen LogP contribution in [-0.4, -0.2) is 22.1 Å². The van der Waals surface area contributed by atoms with Crippen molar-refractivity contribution in [1.29, 1.82) is 0 Å². The lowest BCUT2D eigenvalue weighted by atomic mass is 10.1. The van der Waals surface area contributed by atoms with Crippen molar-refractivity contribution in [3.05, 3.63) is 53.3 Å². The lowest BCUT2D eigenvalue weighted by molar-refractivity contribution is 0.0696. The van der Waals surface area contributed by atoms with E-state index in [0.29, 0.717) is 0 Å². The Morgan fingerprint density at radius 1 is 1.14 bits per heavy atom. The summed E-state index contributed by atoms with van der Waals surface area (Å²) >= 11 is 0. The van der Waals surface area contributed by atoms with Gasteiger partial charge >= 0.3 is 5.97 Å². The number of carbonyl (C=O) groups is 2. The highest BCUT2D eigenvalue weighted by atomic mass is 19.1. The third-order valence-electron chi connectivity index (χ3n) is 2.74. The average Bonchev–Trinajstić information content (AvgIpc) is 2.40. The van der Waals surface area contributed by atoms with Crippen LogP contribution >= 0.6 is 0 Å². The zero-order chi connectivity index (χ0) is 15.6. The molecule has 0 saturated heterocycles. The molecule has 2 aromatic carbocycles. The third-order valence-corrected chi connectivity index (χ3v) is 2.74. The highest BCUT2D eigenvalue weighted by molar-refractivity contribution is 6.06. The van der Waals surface area contributed by atoms with Crippen LogP contribution in [0, 0.1) is 5.82 Å². The maximum Gasteiger partial charge on any atom is 0.335 e. The Bertz CT molecular complexity index is 731. The fourth-order valence-electron chi connectivity index (χ4n) is 1.69. The first-order valence-electron chi connectivity index (χ1n) is 5.81. The van der Waals surface area contributed by atoms with Gasteiger partial charge in [-0.15, -0.1) is 0 Å². The topological polar surface area (TPSA) is 113 Å². The number of carboxylic acid groups (broad SMARTS) is 1. The summed E-state index contributed by atoms with van der Waals surface area (Å²) < 4.78 is 13.5. The second kappa shape index (κ2) is 5.49. The van der Waals surface area contributed by atoms with Crippen LogP contribution in [-0.2, 0) is 0 Å². The second-order valence-electron chi connectivity index (χ2n) is 4.23. The number of aromatic hydroxyl groups is 1. The van der Waals surface area contributed by atoms with Gasteiger partial charge in [-0.1, -0.05) is 0 Å². The summed E-state index contributed by atoms with van der Waals surface area (Å²) in [5.74, 6) is -3.09. The Labute approximate surface area is 118 Å². The predicted molar refractivity (Wildman–Crippen MR) is 73.8 cm³/mol. The van der Waals surface area contributed by atoms with E-state index in [1.807, 2.05) is 0 Å². The van der Waals surface area contributed by atoms with Crippen molar-refractivity contribution < 1.29 is 24.2 Å². The molecule has 108 valence electrons. The highest BCUT2D eigenvalue weighted by Gasteiger charge is 2.14. The Kier molecular flexibility index (Phi) is 3.75. The summed E-state index contributed by atoms with van der Waals surface area (Å²) in [6, 6.07) is 6.88. The predicted octanol–water partition coefficient (Wildman–Crippen LogP) is 2.06. The molecule has 0 aliphatic heterocycles. The first-order valence-corrected chi connectivity index (χ1v) is 5.81. The van der Waals surface area contributed by atoms with Crippen LogP contribution in [0.3, 0.4) is 0 Å². The van der Waals surface area contributed by atoms with Gasteiger partial charge < -0.3 is 21.3 Å². The minimum absolute atomic E-state index is 0.0266. The third kappa shape index (κ3) is 3.08. The van der Waals surface area contributed by atoms with E-state index < -0.39 is 17.7 Å². The van der Waals surface area contributed by atoms with Crippen molar-refractivity contribution in [3.63, 3.8) is 0 Å². The van der Waals surface area contributed by atoms with Crippen LogP contribution in [0.15, 0.2) is 36.4 Å². The van der Waals surface area contributed by atoms with E-state index in [9.17, 15) is 14.0 Å². The van der Waals surface area contributed by atoms with Gasteiger partial charge in [-0.3, -0.25) is 4.79 Å². The van der Waals surface area contributed by atoms with Gasteiger partial charge in [0.1, 0.15) is 11.6 Å². The molecule has 0 aliphatic carbocycles. The summed E-state index contributed by atoms with van der Waals surface area (Å²) in [5.41, 5.74) is 5.55. The van der Waals surface area contributed by atoms with Gasteiger partial charge in [0.15, 0.2) is 0 Å². The maximum absolute atomic E-state index is 13.5. The molecule has 0 spiro atoms. The molecule has 21 heavy (non-hydrogen) atoms. The van der Waals surface area contributed by atoms with Crippen LogP contribution in [0.1, 0.15) is 20.7 Å². The molecule has 6 nitrogen and oxygen atoms in total. The molecule has 1 amide bonds. The van der Waals surface area contributed by atoms with Gasteiger partial charge in [0.2, 0.25) is 0 Å². The molecule has 7 heteroatoms. The van der Waals surface area contributed by atoms with Gasteiger partial charge in [0.05, 0.1) is 22.5 Å². The number of anilines is 2. The number of hydrogen-bond donors (Lipinski definition) is 4. The Morgan fingerprint density at radius 2 is 1.86 bits per heavy atom. The molecule has 0 fully saturated rings. The van der Waals surface area contributed by atoms with Crippen LogP contribution in [0.25, 0.3) is 0 Å². The van der Waals surface area contributed by atoms with E-state index in [4.69, 9.17) is 15.9 Å². The Hall–Kier alpha value is -3.09. The number of rotatable bonds is 3. The number of benzene rings is 2. The summed E-state index contributed by atoms with van der Waals surface area (Å²) in [4.78, 5) is 22.7. The van der Waals surface area contributed by atoms with Gasteiger partial charge in [-0.05, 0) is 30.3 Å². The van der Waals surface area contributed by atoms with E-state index in [2.05, 4.69) is 5.32 Å². The molecular formula is C14H11FN2O4. The first kappa shape index (κ1) is 14.3. The van der Waals surface area contributed by atoms with Crippen molar-refractivity contribution in [2.24, 2.45) is 0 Å². The number of hydrogen-bond acceptors (Lipinski definition) is 4. The van der Waals surface area contributed by atoms with Crippen molar-refractivity contribution in [3.8, 4) is 5.75 Å². The number of nitrogens with two attached hydrogens (primary N) is 1. The fourth-order valence-corrected chi connectivity index (χ4v) is 1.69. The molecule has 0 heterocycles. The van der Waals surface area contributed by atoms with E-state index in [0.717, 1.165) is 12.1 Å². The number of carbonyl (C=O) groups excluding carboxylic acids is 1. The van der Waals surface area contributed by atoms with Crippen LogP contribution < -0.4 is 11.1 Å². The van der Waals surface area contributed by atoms with Crippen molar-refractivity contribution >= 4 is 23.3 Å². The first-order chi connectivity index (χ1) is 9.88. The van der Waals surface area contributed by atoms with Crippen LogP contribution in [0.5, 0.6) is 5.75 Å². The number of nitrogen functional groups attached to an aromatic ring is 1. The van der Waals surface area contributed by atoms with Crippen molar-refractivity contribution in [2.45, 2.75) is 0 Å². The molecular weight excluding hydrogens is 279 g/mol. The highest BCUT2D eigenvalue weighted by Crippen LogP contribution is 2.22. The number of halogens is 1. The summed E-state index contributed by atoms with van der Waals surface area (Å²) in [6.07, 6.45) is 0. The van der Waals surface area contributed by atoms with E-state index >= 15 is 0 Å². The average molecular weight is 290 g/mol. The largest absolute Gasteiger partial charge is 0.508 e. The molecule has 0 atom stereocenters. The van der Waals surface area contributed by atoms with Gasteiger partial charge in [0.25, 0.3) is 5.91 Å². The molecule has 5 N–H and O–H groups in total. The monoisotopic (exact) mass is 290 g/mol. The summed E-state index contributed by atoms with van der Waals surface area (Å²) in [7, 11) is 0. The quantitative estimate of drug-likeness (QED) is 0.646.